The van der Waals surface area contributed by atoms with Crippen LogP contribution in [0.3, 0.4) is 0 Å². The second-order valence-corrected chi connectivity index (χ2v) is 5.31. The molecule has 1 atom stereocenters. The van der Waals surface area contributed by atoms with Crippen LogP contribution in [0.25, 0.3) is 0 Å². The highest BCUT2D eigenvalue weighted by Gasteiger charge is 2.17. The third kappa shape index (κ3) is 5.44. The van der Waals surface area contributed by atoms with E-state index in [0.29, 0.717) is 23.8 Å². The van der Waals surface area contributed by atoms with E-state index in [1.54, 1.807) is 24.3 Å². The number of phosphoric acid groups is 1. The van der Waals surface area contributed by atoms with Crippen LogP contribution in [0.4, 0.5) is 0 Å². The largest absolute Gasteiger partial charge is 0.471 e. The van der Waals surface area contributed by atoms with Crippen molar-refractivity contribution in [2.75, 3.05) is 13.7 Å². The quantitative estimate of drug-likeness (QED) is 0.341. The van der Waals surface area contributed by atoms with Gasteiger partial charge in [-0.15, -0.1) is 0 Å². The van der Waals surface area contributed by atoms with Crippen molar-refractivity contribution in [1.29, 1.82) is 0 Å². The Morgan fingerprint density at radius 3 is 2.53 bits per heavy atom. The molecule has 19 heavy (non-hydrogen) atoms. The summed E-state index contributed by atoms with van der Waals surface area (Å²) < 4.78 is 19.8. The fourth-order valence-electron chi connectivity index (χ4n) is 1.36. The third-order valence-corrected chi connectivity index (χ3v) is 3.37. The van der Waals surface area contributed by atoms with E-state index in [9.17, 15) is 14.2 Å². The highest BCUT2D eigenvalue weighted by molar-refractivity contribution is 7.47. The molecule has 0 aliphatic rings. The van der Waals surface area contributed by atoms with Crippen molar-refractivity contribution >= 4 is 19.9 Å². The van der Waals surface area contributed by atoms with E-state index in [1.807, 2.05) is 0 Å². The van der Waals surface area contributed by atoms with Crippen LogP contribution in [0, 0.1) is 0 Å². The van der Waals surface area contributed by atoms with Crippen LogP contribution in [0.5, 0.6) is 0 Å². The van der Waals surface area contributed by atoms with Crippen LogP contribution >= 0.6 is 7.82 Å². The van der Waals surface area contributed by atoms with Gasteiger partial charge >= 0.3 is 7.82 Å². The molecular weight excluding hydrogens is 271 g/mol. The molecule has 1 unspecified atom stereocenters. The number of rotatable bonds is 8. The van der Waals surface area contributed by atoms with E-state index in [2.05, 4.69) is 9.05 Å². The van der Waals surface area contributed by atoms with E-state index in [4.69, 9.17) is 4.89 Å². The first kappa shape index (κ1) is 15.7. The average molecular weight is 286 g/mol. The summed E-state index contributed by atoms with van der Waals surface area (Å²) in [5.74, 6) is -0.119. The van der Waals surface area contributed by atoms with Gasteiger partial charge < -0.3 is 4.89 Å². The molecule has 0 saturated carbocycles. The summed E-state index contributed by atoms with van der Waals surface area (Å²) in [4.78, 5) is 31.1. The van der Waals surface area contributed by atoms with Crippen LogP contribution < -0.4 is 0 Å². The average Bonchev–Trinajstić information content (AvgIpc) is 2.43. The van der Waals surface area contributed by atoms with Gasteiger partial charge in [-0.25, -0.2) is 4.57 Å². The molecule has 0 aromatic heterocycles. The Morgan fingerprint density at radius 2 is 2.00 bits per heavy atom. The van der Waals surface area contributed by atoms with Crippen molar-refractivity contribution in [3.8, 4) is 0 Å². The monoisotopic (exact) mass is 286 g/mol. The summed E-state index contributed by atoms with van der Waals surface area (Å²) in [5, 5.41) is 0. The summed E-state index contributed by atoms with van der Waals surface area (Å²) in [6, 6.07) is 6.26. The lowest BCUT2D eigenvalue weighted by molar-refractivity contribution is 0.0965. The number of Topliss-reactive ketones (excluding diaryl/α,β-unsaturated/α-hetero) is 1. The Hall–Kier alpha value is -1.33. The number of carbonyl (C=O) groups is 2. The van der Waals surface area contributed by atoms with Gasteiger partial charge in [0.2, 0.25) is 0 Å². The Morgan fingerprint density at radius 1 is 1.37 bits per heavy atom. The zero-order valence-corrected chi connectivity index (χ0v) is 11.3. The topological polar surface area (TPSA) is 89.9 Å². The number of carbonyl (C=O) groups excluding carboxylic acids is 2. The van der Waals surface area contributed by atoms with Crippen molar-refractivity contribution < 1.29 is 28.1 Å². The summed E-state index contributed by atoms with van der Waals surface area (Å²) in [5.41, 5.74) is 0.991. The van der Waals surface area contributed by atoms with Gasteiger partial charge in [0.05, 0.1) is 6.61 Å². The molecule has 0 heterocycles. The van der Waals surface area contributed by atoms with E-state index in [-0.39, 0.29) is 18.8 Å². The maximum absolute atomic E-state index is 11.7. The number of hydrogen-bond donors (Lipinski definition) is 1. The highest BCUT2D eigenvalue weighted by atomic mass is 31.2. The predicted molar refractivity (Wildman–Crippen MR) is 68.2 cm³/mol. The van der Waals surface area contributed by atoms with Crippen molar-refractivity contribution in [3.05, 3.63) is 35.4 Å². The minimum atomic E-state index is -3.97. The highest BCUT2D eigenvalue weighted by Crippen LogP contribution is 2.41. The Bertz CT molecular complexity index is 481. The number of benzene rings is 1. The number of aldehydes is 1. The molecule has 7 heteroatoms. The number of ketones is 1. The molecule has 0 aliphatic carbocycles. The lowest BCUT2D eigenvalue weighted by atomic mass is 10.1. The van der Waals surface area contributed by atoms with Gasteiger partial charge in [-0.3, -0.25) is 18.6 Å². The van der Waals surface area contributed by atoms with Crippen LogP contribution in [0.2, 0.25) is 0 Å². The van der Waals surface area contributed by atoms with Gasteiger partial charge in [0.15, 0.2) is 5.78 Å². The van der Waals surface area contributed by atoms with E-state index >= 15 is 0 Å². The van der Waals surface area contributed by atoms with E-state index < -0.39 is 7.82 Å². The first-order valence-electron chi connectivity index (χ1n) is 5.60. The first-order valence-corrected chi connectivity index (χ1v) is 7.09. The Labute approximate surface area is 111 Å². The SMILES string of the molecule is COP(=O)(O)OCCCC(=O)c1ccc(C=O)cc1. The Kier molecular flexibility index (Phi) is 6.05. The molecule has 0 saturated heterocycles. The summed E-state index contributed by atoms with van der Waals surface area (Å²) in [6.45, 7) is -0.0419. The molecule has 0 bridgehead atoms. The van der Waals surface area contributed by atoms with Gasteiger partial charge in [-0.2, -0.15) is 0 Å². The van der Waals surface area contributed by atoms with Gasteiger partial charge in [0.25, 0.3) is 0 Å². The van der Waals surface area contributed by atoms with E-state index in [1.165, 1.54) is 0 Å². The molecule has 1 aromatic rings. The van der Waals surface area contributed by atoms with Gasteiger partial charge in [-0.05, 0) is 6.42 Å². The molecule has 0 spiro atoms. The molecule has 0 aliphatic heterocycles. The van der Waals surface area contributed by atoms with Crippen molar-refractivity contribution in [1.82, 2.24) is 0 Å². The van der Waals surface area contributed by atoms with Crippen molar-refractivity contribution in [3.63, 3.8) is 0 Å². The molecule has 1 N–H and O–H groups in total. The standard InChI is InChI=1S/C12H15O6P/c1-17-19(15,16)18-8-2-3-12(14)11-6-4-10(9-13)5-7-11/h4-7,9H,2-3,8H2,1H3,(H,15,16). The van der Waals surface area contributed by atoms with E-state index in [0.717, 1.165) is 7.11 Å². The maximum Gasteiger partial charge on any atom is 0.471 e. The summed E-state index contributed by atoms with van der Waals surface area (Å²) >= 11 is 0. The van der Waals surface area contributed by atoms with Crippen molar-refractivity contribution in [2.45, 2.75) is 12.8 Å². The Balaban J connectivity index is 2.39. The van der Waals surface area contributed by atoms with Crippen LogP contribution in [-0.2, 0) is 13.6 Å². The maximum atomic E-state index is 11.7. The smallest absolute Gasteiger partial charge is 0.303 e. The van der Waals surface area contributed by atoms with Gasteiger partial charge in [-0.1, -0.05) is 24.3 Å². The molecule has 104 valence electrons. The molecular formula is C12H15O6P. The molecule has 0 radical (unpaired) electrons. The fraction of sp³-hybridized carbons (Fsp3) is 0.333. The predicted octanol–water partition coefficient (Wildman–Crippen LogP) is 2.23. The molecule has 0 fully saturated rings. The molecule has 1 aromatic carbocycles. The minimum Gasteiger partial charge on any atom is -0.303 e. The zero-order chi connectivity index (χ0) is 14.3. The molecule has 0 amide bonds. The second kappa shape index (κ2) is 7.31. The number of phosphoric ester groups is 1. The normalized spacial score (nSPS) is 13.8. The summed E-state index contributed by atoms with van der Waals surface area (Å²) in [7, 11) is -2.90. The summed E-state index contributed by atoms with van der Waals surface area (Å²) in [6.07, 6.45) is 1.19. The van der Waals surface area contributed by atoms with Crippen LogP contribution in [0.1, 0.15) is 33.6 Å². The first-order chi connectivity index (χ1) is 8.98. The van der Waals surface area contributed by atoms with Gasteiger partial charge in [0.1, 0.15) is 6.29 Å². The minimum absolute atomic E-state index is 0.0419. The third-order valence-electron chi connectivity index (χ3n) is 2.40. The molecule has 6 nitrogen and oxygen atoms in total. The van der Waals surface area contributed by atoms with Crippen LogP contribution in [-0.4, -0.2) is 30.7 Å². The zero-order valence-electron chi connectivity index (χ0n) is 10.4. The van der Waals surface area contributed by atoms with Crippen molar-refractivity contribution in [2.24, 2.45) is 0 Å². The van der Waals surface area contributed by atoms with Crippen LogP contribution in [0.15, 0.2) is 24.3 Å². The fourth-order valence-corrected chi connectivity index (χ4v) is 1.82. The van der Waals surface area contributed by atoms with Gasteiger partial charge in [0, 0.05) is 24.7 Å². The lowest BCUT2D eigenvalue weighted by Gasteiger charge is -2.08. The molecule has 1 rings (SSSR count). The number of hydrogen-bond acceptors (Lipinski definition) is 5. The second-order valence-electron chi connectivity index (χ2n) is 3.75. The lowest BCUT2D eigenvalue weighted by Crippen LogP contribution is -2.02.